The maximum absolute atomic E-state index is 13.3. The molecule has 1 unspecified atom stereocenters. The smallest absolute Gasteiger partial charge is 0.123 e. The molecular formula is C18H21F2N. The largest absolute Gasteiger partial charge is 0.319 e. The molecule has 0 saturated heterocycles. The highest BCUT2D eigenvalue weighted by Crippen LogP contribution is 2.18. The van der Waals surface area contributed by atoms with E-state index >= 15 is 0 Å². The molecule has 3 heteroatoms. The first-order valence-corrected chi connectivity index (χ1v) is 7.22. The van der Waals surface area contributed by atoms with Crippen LogP contribution < -0.4 is 5.32 Å². The maximum atomic E-state index is 13.3. The molecule has 0 heterocycles. The van der Waals surface area contributed by atoms with Crippen molar-refractivity contribution in [3.8, 4) is 0 Å². The molecule has 0 saturated carbocycles. The molecule has 2 aromatic rings. The minimum atomic E-state index is -0.202. The standard InChI is InChI=1S/C18H21F2N/c1-13-8-18(20)7-6-16(13)10-15(12-21-2)9-14-4-3-5-17(19)11-14/h3-8,11,15,21H,9-10,12H2,1-2H3. The van der Waals surface area contributed by atoms with Crippen molar-refractivity contribution in [3.63, 3.8) is 0 Å². The SMILES string of the molecule is CNCC(Cc1cccc(F)c1)Cc1ccc(F)cc1C. The number of rotatable bonds is 6. The number of benzene rings is 2. The molecule has 2 rings (SSSR count). The lowest BCUT2D eigenvalue weighted by Crippen LogP contribution is -2.23. The van der Waals surface area contributed by atoms with Crippen LogP contribution in [0, 0.1) is 24.5 Å². The van der Waals surface area contributed by atoms with E-state index in [9.17, 15) is 8.78 Å². The summed E-state index contributed by atoms with van der Waals surface area (Å²) in [6.07, 6.45) is 1.65. The van der Waals surface area contributed by atoms with Gasteiger partial charge in [-0.1, -0.05) is 18.2 Å². The Labute approximate surface area is 125 Å². The quantitative estimate of drug-likeness (QED) is 0.850. The van der Waals surface area contributed by atoms with Crippen LogP contribution in [0.4, 0.5) is 8.78 Å². The minimum absolute atomic E-state index is 0.200. The van der Waals surface area contributed by atoms with Gasteiger partial charge in [0.05, 0.1) is 0 Å². The van der Waals surface area contributed by atoms with Crippen LogP contribution in [-0.4, -0.2) is 13.6 Å². The van der Waals surface area contributed by atoms with E-state index in [-0.39, 0.29) is 11.6 Å². The number of halogens is 2. The minimum Gasteiger partial charge on any atom is -0.319 e. The van der Waals surface area contributed by atoms with Crippen molar-refractivity contribution in [2.75, 3.05) is 13.6 Å². The van der Waals surface area contributed by atoms with Gasteiger partial charge in [0.15, 0.2) is 0 Å². The van der Waals surface area contributed by atoms with Crippen molar-refractivity contribution in [1.82, 2.24) is 5.32 Å². The maximum Gasteiger partial charge on any atom is 0.123 e. The first-order chi connectivity index (χ1) is 10.1. The highest BCUT2D eigenvalue weighted by molar-refractivity contribution is 5.27. The van der Waals surface area contributed by atoms with E-state index in [0.29, 0.717) is 5.92 Å². The van der Waals surface area contributed by atoms with Crippen LogP contribution in [0.25, 0.3) is 0 Å². The Morgan fingerprint density at radius 1 is 1.00 bits per heavy atom. The van der Waals surface area contributed by atoms with Crippen LogP contribution in [0.2, 0.25) is 0 Å². The Balaban J connectivity index is 2.11. The molecule has 0 aliphatic carbocycles. The highest BCUT2D eigenvalue weighted by Gasteiger charge is 2.12. The molecule has 2 aromatic carbocycles. The van der Waals surface area contributed by atoms with Gasteiger partial charge in [-0.15, -0.1) is 0 Å². The average molecular weight is 289 g/mol. The number of aryl methyl sites for hydroxylation is 1. The molecule has 0 aromatic heterocycles. The molecule has 1 atom stereocenters. The van der Waals surface area contributed by atoms with Crippen molar-refractivity contribution in [3.05, 3.63) is 70.8 Å². The zero-order chi connectivity index (χ0) is 15.2. The Kier molecular flexibility index (Phi) is 5.45. The first kappa shape index (κ1) is 15.6. The summed E-state index contributed by atoms with van der Waals surface area (Å²) < 4.78 is 26.5. The molecule has 112 valence electrons. The Morgan fingerprint density at radius 3 is 2.43 bits per heavy atom. The zero-order valence-electron chi connectivity index (χ0n) is 12.5. The van der Waals surface area contributed by atoms with Gasteiger partial charge in [-0.25, -0.2) is 8.78 Å². The average Bonchev–Trinajstić information content (AvgIpc) is 2.42. The molecular weight excluding hydrogens is 268 g/mol. The van der Waals surface area contributed by atoms with Crippen LogP contribution in [0.1, 0.15) is 16.7 Å². The Bertz CT molecular complexity index is 596. The van der Waals surface area contributed by atoms with Crippen molar-refractivity contribution < 1.29 is 8.78 Å². The molecule has 0 spiro atoms. The fourth-order valence-electron chi connectivity index (χ4n) is 2.70. The second-order valence-electron chi connectivity index (χ2n) is 5.53. The van der Waals surface area contributed by atoms with Crippen LogP contribution in [-0.2, 0) is 12.8 Å². The van der Waals surface area contributed by atoms with E-state index in [2.05, 4.69) is 5.32 Å². The molecule has 0 radical (unpaired) electrons. The summed E-state index contributed by atoms with van der Waals surface area (Å²) in [5.74, 6) is -0.0545. The van der Waals surface area contributed by atoms with Crippen molar-refractivity contribution >= 4 is 0 Å². The van der Waals surface area contributed by atoms with Gasteiger partial charge < -0.3 is 5.32 Å². The fourth-order valence-corrected chi connectivity index (χ4v) is 2.70. The molecule has 0 amide bonds. The van der Waals surface area contributed by atoms with Crippen LogP contribution >= 0.6 is 0 Å². The lowest BCUT2D eigenvalue weighted by Gasteiger charge is -2.18. The summed E-state index contributed by atoms with van der Waals surface area (Å²) in [6.45, 7) is 2.77. The van der Waals surface area contributed by atoms with Gasteiger partial charge in [0.2, 0.25) is 0 Å². The third kappa shape index (κ3) is 4.64. The van der Waals surface area contributed by atoms with E-state index in [4.69, 9.17) is 0 Å². The van der Waals surface area contributed by atoms with Gasteiger partial charge >= 0.3 is 0 Å². The zero-order valence-corrected chi connectivity index (χ0v) is 12.5. The Hall–Kier alpha value is -1.74. The van der Waals surface area contributed by atoms with Crippen molar-refractivity contribution in [1.29, 1.82) is 0 Å². The Morgan fingerprint density at radius 2 is 1.76 bits per heavy atom. The number of hydrogen-bond donors (Lipinski definition) is 1. The first-order valence-electron chi connectivity index (χ1n) is 7.22. The topological polar surface area (TPSA) is 12.0 Å². The molecule has 0 aliphatic rings. The summed E-state index contributed by atoms with van der Waals surface area (Å²) in [7, 11) is 1.91. The number of hydrogen-bond acceptors (Lipinski definition) is 1. The molecule has 0 bridgehead atoms. The van der Waals surface area contributed by atoms with Crippen LogP contribution in [0.5, 0.6) is 0 Å². The second kappa shape index (κ2) is 7.32. The molecule has 0 aliphatic heterocycles. The summed E-state index contributed by atoms with van der Waals surface area (Å²) in [4.78, 5) is 0. The molecule has 1 nitrogen and oxygen atoms in total. The third-order valence-electron chi connectivity index (χ3n) is 3.72. The molecule has 1 N–H and O–H groups in total. The fraction of sp³-hybridized carbons (Fsp3) is 0.333. The lowest BCUT2D eigenvalue weighted by molar-refractivity contribution is 0.490. The second-order valence-corrected chi connectivity index (χ2v) is 5.53. The highest BCUT2D eigenvalue weighted by atomic mass is 19.1. The van der Waals surface area contributed by atoms with E-state index in [1.54, 1.807) is 18.2 Å². The summed E-state index contributed by atoms with van der Waals surface area (Å²) >= 11 is 0. The van der Waals surface area contributed by atoms with E-state index in [1.165, 1.54) is 12.1 Å². The third-order valence-corrected chi connectivity index (χ3v) is 3.72. The van der Waals surface area contributed by atoms with E-state index in [1.807, 2.05) is 26.1 Å². The van der Waals surface area contributed by atoms with Gasteiger partial charge in [-0.2, -0.15) is 0 Å². The van der Waals surface area contributed by atoms with Gasteiger partial charge in [0.25, 0.3) is 0 Å². The molecule has 21 heavy (non-hydrogen) atoms. The number of nitrogens with one attached hydrogen (secondary N) is 1. The van der Waals surface area contributed by atoms with Crippen molar-refractivity contribution in [2.45, 2.75) is 19.8 Å². The van der Waals surface area contributed by atoms with E-state index < -0.39 is 0 Å². The van der Waals surface area contributed by atoms with Gasteiger partial charge in [-0.05, 0) is 80.2 Å². The van der Waals surface area contributed by atoms with Gasteiger partial charge in [0, 0.05) is 0 Å². The molecule has 0 fully saturated rings. The van der Waals surface area contributed by atoms with E-state index in [0.717, 1.165) is 36.1 Å². The summed E-state index contributed by atoms with van der Waals surface area (Å²) in [5, 5.41) is 3.19. The summed E-state index contributed by atoms with van der Waals surface area (Å²) in [6, 6.07) is 11.6. The van der Waals surface area contributed by atoms with Gasteiger partial charge in [-0.3, -0.25) is 0 Å². The lowest BCUT2D eigenvalue weighted by atomic mass is 9.90. The van der Waals surface area contributed by atoms with Crippen LogP contribution in [0.15, 0.2) is 42.5 Å². The summed E-state index contributed by atoms with van der Waals surface area (Å²) in [5.41, 5.74) is 3.11. The predicted molar refractivity (Wildman–Crippen MR) is 82.4 cm³/mol. The monoisotopic (exact) mass is 289 g/mol. The van der Waals surface area contributed by atoms with Gasteiger partial charge in [0.1, 0.15) is 11.6 Å². The van der Waals surface area contributed by atoms with Crippen LogP contribution in [0.3, 0.4) is 0 Å². The normalized spacial score (nSPS) is 12.4. The van der Waals surface area contributed by atoms with Crippen molar-refractivity contribution in [2.24, 2.45) is 5.92 Å². The predicted octanol–water partition coefficient (Wildman–Crippen LogP) is 3.89.